The maximum absolute atomic E-state index is 12.9. The molecule has 0 bridgehead atoms. The van der Waals surface area contributed by atoms with Crippen molar-refractivity contribution in [2.75, 3.05) is 13.2 Å². The third-order valence-electron chi connectivity index (χ3n) is 7.24. The van der Waals surface area contributed by atoms with E-state index in [9.17, 15) is 19.5 Å². The molecule has 0 heterocycles. The smallest absolute Gasteiger partial charge is 0.407 e. The molecular weight excluding hydrogens is 444 g/mol. The number of carbonyl (C=O) groups is 3. The third kappa shape index (κ3) is 5.66. The number of alkyl carbamates (subject to hydrolysis) is 1. The molecule has 2 aromatic carbocycles. The van der Waals surface area contributed by atoms with Crippen LogP contribution in [0.15, 0.2) is 48.5 Å². The van der Waals surface area contributed by atoms with Gasteiger partial charge in [0.1, 0.15) is 12.6 Å². The normalized spacial score (nSPS) is 16.5. The highest BCUT2D eigenvalue weighted by molar-refractivity contribution is 5.86. The Morgan fingerprint density at radius 1 is 1.03 bits per heavy atom. The average Bonchev–Trinajstić information content (AvgIpc) is 3.12. The Kier molecular flexibility index (Phi) is 7.43. The number of rotatable bonds is 10. The Bertz CT molecular complexity index is 1050. The first kappa shape index (κ1) is 24.8. The molecule has 2 aliphatic carbocycles. The van der Waals surface area contributed by atoms with Crippen molar-refractivity contribution in [1.29, 1.82) is 0 Å². The SMILES string of the molecule is CC(C)CC(NC(=O)OCC1c2ccccc2-c2ccccc21)C(=O)NCC1(CC(=O)O)CCC1. The van der Waals surface area contributed by atoms with Gasteiger partial charge in [-0.05, 0) is 52.8 Å². The van der Waals surface area contributed by atoms with E-state index >= 15 is 0 Å². The highest BCUT2D eigenvalue weighted by Crippen LogP contribution is 2.45. The van der Waals surface area contributed by atoms with E-state index in [2.05, 4.69) is 34.9 Å². The van der Waals surface area contributed by atoms with Gasteiger partial charge in [0.25, 0.3) is 0 Å². The van der Waals surface area contributed by atoms with Gasteiger partial charge in [-0.2, -0.15) is 0 Å². The van der Waals surface area contributed by atoms with Crippen molar-refractivity contribution in [1.82, 2.24) is 10.6 Å². The van der Waals surface area contributed by atoms with Crippen molar-refractivity contribution >= 4 is 18.0 Å². The van der Waals surface area contributed by atoms with E-state index in [0.29, 0.717) is 13.0 Å². The molecule has 186 valence electrons. The van der Waals surface area contributed by atoms with E-state index in [1.807, 2.05) is 38.1 Å². The first-order chi connectivity index (χ1) is 16.8. The number of aliphatic carboxylic acids is 1. The number of benzene rings is 2. The van der Waals surface area contributed by atoms with Crippen LogP contribution in [0, 0.1) is 11.3 Å². The molecule has 0 saturated heterocycles. The predicted octanol–water partition coefficient (Wildman–Crippen LogP) is 4.70. The summed E-state index contributed by atoms with van der Waals surface area (Å²) in [5, 5.41) is 14.8. The fourth-order valence-corrected chi connectivity index (χ4v) is 5.30. The lowest BCUT2D eigenvalue weighted by Crippen LogP contribution is -2.51. The summed E-state index contributed by atoms with van der Waals surface area (Å²) in [5.74, 6) is -1.03. The average molecular weight is 479 g/mol. The summed E-state index contributed by atoms with van der Waals surface area (Å²) in [7, 11) is 0. The fourth-order valence-electron chi connectivity index (χ4n) is 5.30. The number of ether oxygens (including phenoxy) is 1. The van der Waals surface area contributed by atoms with Gasteiger partial charge in [0.2, 0.25) is 5.91 Å². The van der Waals surface area contributed by atoms with Crippen molar-refractivity contribution in [2.24, 2.45) is 11.3 Å². The molecule has 0 aliphatic heterocycles. The summed E-state index contributed by atoms with van der Waals surface area (Å²) >= 11 is 0. The van der Waals surface area contributed by atoms with Gasteiger partial charge < -0.3 is 20.5 Å². The number of nitrogens with one attached hydrogen (secondary N) is 2. The highest BCUT2D eigenvalue weighted by atomic mass is 16.5. The Labute approximate surface area is 206 Å². The van der Waals surface area contributed by atoms with Crippen LogP contribution in [0.3, 0.4) is 0 Å². The van der Waals surface area contributed by atoms with Gasteiger partial charge in [-0.1, -0.05) is 68.8 Å². The van der Waals surface area contributed by atoms with E-state index in [1.165, 1.54) is 0 Å². The zero-order chi connectivity index (χ0) is 25.0. The van der Waals surface area contributed by atoms with Gasteiger partial charge in [-0.3, -0.25) is 9.59 Å². The summed E-state index contributed by atoms with van der Waals surface area (Å²) in [6.07, 6.45) is 2.42. The number of hydrogen-bond acceptors (Lipinski definition) is 4. The lowest BCUT2D eigenvalue weighted by molar-refractivity contribution is -0.142. The first-order valence-corrected chi connectivity index (χ1v) is 12.4. The van der Waals surface area contributed by atoms with Crippen LogP contribution in [0.4, 0.5) is 4.79 Å². The minimum atomic E-state index is -0.852. The second-order valence-electron chi connectivity index (χ2n) is 10.3. The summed E-state index contributed by atoms with van der Waals surface area (Å²) in [6, 6.07) is 15.5. The molecular formula is C28H34N2O5. The first-order valence-electron chi connectivity index (χ1n) is 12.4. The molecule has 7 heteroatoms. The lowest BCUT2D eigenvalue weighted by Gasteiger charge is -2.41. The number of fused-ring (bicyclic) bond motifs is 3. The van der Waals surface area contributed by atoms with Crippen LogP contribution in [0.5, 0.6) is 0 Å². The van der Waals surface area contributed by atoms with Crippen LogP contribution >= 0.6 is 0 Å². The number of amides is 2. The van der Waals surface area contributed by atoms with Gasteiger partial charge >= 0.3 is 12.1 Å². The Hall–Kier alpha value is -3.35. The van der Waals surface area contributed by atoms with Gasteiger partial charge in [-0.15, -0.1) is 0 Å². The van der Waals surface area contributed by atoms with Crippen molar-refractivity contribution < 1.29 is 24.2 Å². The standard InChI is InChI=1S/C28H34N2O5/c1-18(2)14-24(26(33)29-17-28(12-7-13-28)15-25(31)32)30-27(34)35-16-23-21-10-5-3-8-19(21)20-9-4-6-11-22(20)23/h3-6,8-11,18,23-24H,7,12-17H2,1-2H3,(H,29,33)(H,30,34)(H,31,32). The molecule has 1 fully saturated rings. The minimum Gasteiger partial charge on any atom is -0.481 e. The molecule has 0 radical (unpaired) electrons. The Morgan fingerprint density at radius 2 is 1.63 bits per heavy atom. The zero-order valence-electron chi connectivity index (χ0n) is 20.4. The monoisotopic (exact) mass is 478 g/mol. The molecule has 2 aliphatic rings. The van der Waals surface area contributed by atoms with E-state index in [1.54, 1.807) is 0 Å². The lowest BCUT2D eigenvalue weighted by atomic mass is 9.66. The molecule has 7 nitrogen and oxygen atoms in total. The molecule has 2 aromatic rings. The second kappa shape index (κ2) is 10.5. The summed E-state index contributed by atoms with van der Waals surface area (Å²) in [5.41, 5.74) is 4.18. The summed E-state index contributed by atoms with van der Waals surface area (Å²) in [6.45, 7) is 4.45. The van der Waals surface area contributed by atoms with Gasteiger partial charge in [-0.25, -0.2) is 4.79 Å². The third-order valence-corrected chi connectivity index (χ3v) is 7.24. The maximum atomic E-state index is 12.9. The largest absolute Gasteiger partial charge is 0.481 e. The second-order valence-corrected chi connectivity index (χ2v) is 10.3. The fraction of sp³-hybridized carbons (Fsp3) is 0.464. The predicted molar refractivity (Wildman–Crippen MR) is 133 cm³/mol. The molecule has 1 saturated carbocycles. The van der Waals surface area contributed by atoms with Gasteiger partial charge in [0, 0.05) is 12.5 Å². The quantitative estimate of drug-likeness (QED) is 0.459. The maximum Gasteiger partial charge on any atom is 0.407 e. The molecule has 3 N–H and O–H groups in total. The molecule has 4 rings (SSSR count). The molecule has 2 amide bonds. The van der Waals surface area contributed by atoms with E-state index in [0.717, 1.165) is 41.5 Å². The highest BCUT2D eigenvalue weighted by Gasteiger charge is 2.40. The number of carbonyl (C=O) groups excluding carboxylic acids is 2. The van der Waals surface area contributed by atoms with Crippen LogP contribution < -0.4 is 10.6 Å². The summed E-state index contributed by atoms with van der Waals surface area (Å²) < 4.78 is 5.62. The molecule has 0 spiro atoms. The van der Waals surface area contributed by atoms with Crippen molar-refractivity contribution in [3.63, 3.8) is 0 Å². The minimum absolute atomic E-state index is 0.0436. The zero-order valence-corrected chi connectivity index (χ0v) is 20.4. The van der Waals surface area contributed by atoms with Crippen LogP contribution in [0.1, 0.15) is 63.0 Å². The number of carboxylic acid groups (broad SMARTS) is 1. The van der Waals surface area contributed by atoms with E-state index < -0.39 is 18.1 Å². The molecule has 35 heavy (non-hydrogen) atoms. The van der Waals surface area contributed by atoms with E-state index in [-0.39, 0.29) is 36.2 Å². The van der Waals surface area contributed by atoms with Crippen molar-refractivity contribution in [3.8, 4) is 11.1 Å². The van der Waals surface area contributed by atoms with Crippen molar-refractivity contribution in [3.05, 3.63) is 59.7 Å². The topological polar surface area (TPSA) is 105 Å². The molecule has 0 aromatic heterocycles. The van der Waals surface area contributed by atoms with Crippen LogP contribution in [0.2, 0.25) is 0 Å². The Morgan fingerprint density at radius 3 is 2.14 bits per heavy atom. The van der Waals surface area contributed by atoms with Crippen molar-refractivity contribution in [2.45, 2.75) is 57.9 Å². The van der Waals surface area contributed by atoms with E-state index in [4.69, 9.17) is 4.74 Å². The van der Waals surface area contributed by atoms with Crippen LogP contribution in [-0.2, 0) is 14.3 Å². The van der Waals surface area contributed by atoms with Gasteiger partial charge in [0.15, 0.2) is 0 Å². The summed E-state index contributed by atoms with van der Waals surface area (Å²) in [4.78, 5) is 36.9. The number of carboxylic acids is 1. The van der Waals surface area contributed by atoms with Gasteiger partial charge in [0.05, 0.1) is 6.42 Å². The number of hydrogen-bond donors (Lipinski definition) is 3. The van der Waals surface area contributed by atoms with Crippen LogP contribution in [-0.4, -0.2) is 42.3 Å². The molecule has 1 atom stereocenters. The molecule has 1 unspecified atom stereocenters. The Balaban J connectivity index is 1.37. The van der Waals surface area contributed by atoms with Crippen LogP contribution in [0.25, 0.3) is 11.1 Å².